The van der Waals surface area contributed by atoms with E-state index in [0.717, 1.165) is 14.2 Å². The van der Waals surface area contributed by atoms with E-state index in [-0.39, 0.29) is 10.6 Å². The fourth-order valence-corrected chi connectivity index (χ4v) is 2.83. The Morgan fingerprint density at radius 1 is 1.16 bits per heavy atom. The van der Waals surface area contributed by atoms with Gasteiger partial charge >= 0.3 is 11.9 Å². The summed E-state index contributed by atoms with van der Waals surface area (Å²) in [4.78, 5) is 42.6. The fraction of sp³-hybridized carbons (Fsp3) is 0.250. The van der Waals surface area contributed by atoms with Gasteiger partial charge in [0.1, 0.15) is 5.57 Å². The minimum Gasteiger partial charge on any atom is -0.593 e. The molecule has 3 rings (SSSR count). The van der Waals surface area contributed by atoms with E-state index < -0.39 is 34.6 Å². The van der Waals surface area contributed by atoms with E-state index in [1.54, 1.807) is 30.3 Å². The van der Waals surface area contributed by atoms with Crippen LogP contribution in [0.5, 0.6) is 0 Å². The number of fused-ring (bicyclic) bond motifs is 1. The Balaban J connectivity index is 2.17. The zero-order valence-corrected chi connectivity index (χ0v) is 13.6. The minimum absolute atomic E-state index is 0.214. The Morgan fingerprint density at radius 3 is 2.32 bits per heavy atom. The van der Waals surface area contributed by atoms with Crippen molar-refractivity contribution in [3.8, 4) is 0 Å². The van der Waals surface area contributed by atoms with E-state index in [0.29, 0.717) is 10.7 Å². The van der Waals surface area contributed by atoms with Gasteiger partial charge in [0.15, 0.2) is 0 Å². The highest BCUT2D eigenvalue weighted by Crippen LogP contribution is 2.41. The summed E-state index contributed by atoms with van der Waals surface area (Å²) in [5.74, 6) is -3.23. The summed E-state index contributed by atoms with van der Waals surface area (Å²) in [5, 5.41) is 13.3. The molecule has 2 aliphatic heterocycles. The normalized spacial score (nSPS) is 22.0. The maximum absolute atomic E-state index is 13.0. The van der Waals surface area contributed by atoms with E-state index in [1.165, 1.54) is 6.92 Å². The van der Waals surface area contributed by atoms with Crippen molar-refractivity contribution in [3.05, 3.63) is 52.4 Å². The van der Waals surface area contributed by atoms with Gasteiger partial charge in [0, 0.05) is 5.17 Å². The lowest BCUT2D eigenvalue weighted by Gasteiger charge is -2.21. The zero-order valence-electron chi connectivity index (χ0n) is 13.6. The molecule has 130 valence electrons. The van der Waals surface area contributed by atoms with Gasteiger partial charge in [-0.15, -0.1) is 0 Å². The lowest BCUT2D eigenvalue weighted by Crippen LogP contribution is -2.48. The van der Waals surface area contributed by atoms with E-state index >= 15 is 0 Å². The van der Waals surface area contributed by atoms with Gasteiger partial charge in [-0.1, -0.05) is 18.2 Å². The summed E-state index contributed by atoms with van der Waals surface area (Å²) in [6.45, 7) is 1.30. The highest BCUT2D eigenvalue weighted by atomic mass is 16.8. The number of hydroxylamine groups is 1. The minimum atomic E-state index is -1.84. The van der Waals surface area contributed by atoms with Crippen LogP contribution in [0.4, 0.5) is 0 Å². The molecule has 0 bridgehead atoms. The number of hydrogen-bond donors (Lipinski definition) is 0. The number of Topliss-reactive ketones (excluding diaryl/α,β-unsaturated/α-hetero) is 1. The molecule has 0 aliphatic carbocycles. The van der Waals surface area contributed by atoms with Crippen LogP contribution in [0.1, 0.15) is 12.5 Å². The number of ketones is 1. The predicted molar refractivity (Wildman–Crippen MR) is 81.6 cm³/mol. The topological polar surface area (TPSA) is 108 Å². The van der Waals surface area contributed by atoms with Crippen LogP contribution in [0.3, 0.4) is 0 Å². The van der Waals surface area contributed by atoms with Crippen LogP contribution in [-0.2, 0) is 28.7 Å². The second kappa shape index (κ2) is 5.62. The van der Waals surface area contributed by atoms with Crippen molar-refractivity contribution < 1.29 is 33.5 Å². The molecule has 2 heterocycles. The highest BCUT2D eigenvalue weighted by molar-refractivity contribution is 6.49. The molecular weight excluding hydrogens is 332 g/mol. The number of rotatable bonds is 3. The molecule has 0 spiro atoms. The van der Waals surface area contributed by atoms with Crippen LogP contribution in [0.15, 0.2) is 41.7 Å². The van der Waals surface area contributed by atoms with Gasteiger partial charge in [-0.05, 0) is 23.9 Å². The Kier molecular flexibility index (Phi) is 3.71. The van der Waals surface area contributed by atoms with Crippen molar-refractivity contribution in [2.75, 3.05) is 14.2 Å². The monoisotopic (exact) mass is 346 g/mol. The molecule has 0 saturated carbocycles. The number of ether oxygens (including phenoxy) is 2. The molecule has 0 N–H and O–H groups in total. The lowest BCUT2D eigenvalue weighted by molar-refractivity contribution is -0.712. The van der Waals surface area contributed by atoms with Crippen molar-refractivity contribution in [1.29, 1.82) is 0 Å². The largest absolute Gasteiger partial charge is 0.593 e. The van der Waals surface area contributed by atoms with Crippen LogP contribution in [0.2, 0.25) is 0 Å². The lowest BCUT2D eigenvalue weighted by atomic mass is 9.84. The fourth-order valence-electron chi connectivity index (χ4n) is 2.83. The van der Waals surface area contributed by atoms with Gasteiger partial charge in [-0.25, -0.2) is 9.59 Å². The van der Waals surface area contributed by atoms with Crippen LogP contribution in [0.25, 0.3) is 0 Å². The molecule has 0 amide bonds. The van der Waals surface area contributed by atoms with Crippen LogP contribution >= 0.6 is 0 Å². The number of carbonyl (C=O) groups excluding carboxylic acids is 3. The molecule has 1 aromatic rings. The third-order valence-corrected chi connectivity index (χ3v) is 4.10. The molecule has 2 aliphatic rings. The molecule has 0 radical (unpaired) electrons. The molecule has 0 aromatic heterocycles. The summed E-state index contributed by atoms with van der Waals surface area (Å²) in [6, 6.07) is 8.20. The van der Waals surface area contributed by atoms with E-state index in [2.05, 4.69) is 9.47 Å². The summed E-state index contributed by atoms with van der Waals surface area (Å²) in [6.07, 6.45) is 0. The van der Waals surface area contributed by atoms with Crippen molar-refractivity contribution >= 4 is 23.4 Å². The van der Waals surface area contributed by atoms with Gasteiger partial charge in [0.2, 0.25) is 5.54 Å². The average Bonchev–Trinajstić information content (AvgIpc) is 3.04. The summed E-state index contributed by atoms with van der Waals surface area (Å²) >= 11 is 0. The number of hydrazine groups is 1. The first kappa shape index (κ1) is 16.5. The Bertz CT molecular complexity index is 843. The third-order valence-electron chi connectivity index (χ3n) is 4.10. The number of benzene rings is 1. The number of nitrogens with zero attached hydrogens (tertiary/aromatic N) is 2. The molecule has 0 saturated heterocycles. The average molecular weight is 346 g/mol. The molecule has 9 nitrogen and oxygen atoms in total. The second-order valence-corrected chi connectivity index (χ2v) is 5.44. The van der Waals surface area contributed by atoms with E-state index in [4.69, 9.17) is 4.84 Å². The van der Waals surface area contributed by atoms with Crippen LogP contribution in [-0.4, -0.2) is 53.2 Å². The van der Waals surface area contributed by atoms with Crippen molar-refractivity contribution in [2.24, 2.45) is 0 Å². The molecular formula is C16H14N2O7. The standard InChI is InChI=1S/C16H14N2O7/c1-16-10(14(20)23-2)12(15(21)24-3)25-18(16)17(22)11(13(16)19)9-7-5-4-6-8-9/h4-8H,1-3H3/t16-/m0/s1. The summed E-state index contributed by atoms with van der Waals surface area (Å²) in [7, 11) is 2.17. The van der Waals surface area contributed by atoms with Gasteiger partial charge in [-0.2, -0.15) is 0 Å². The van der Waals surface area contributed by atoms with Gasteiger partial charge < -0.3 is 19.5 Å². The second-order valence-electron chi connectivity index (χ2n) is 5.44. The first-order valence-electron chi connectivity index (χ1n) is 7.21. The van der Waals surface area contributed by atoms with Crippen molar-refractivity contribution in [1.82, 2.24) is 5.17 Å². The highest BCUT2D eigenvalue weighted by Gasteiger charge is 2.68. The molecule has 1 atom stereocenters. The van der Waals surface area contributed by atoms with Crippen LogP contribution in [0, 0.1) is 5.21 Å². The van der Waals surface area contributed by atoms with Crippen LogP contribution < -0.4 is 0 Å². The van der Waals surface area contributed by atoms with E-state index in [9.17, 15) is 19.6 Å². The maximum Gasteiger partial charge on any atom is 0.377 e. The molecule has 1 aromatic carbocycles. The summed E-state index contributed by atoms with van der Waals surface area (Å²) < 4.78 is 9.22. The number of hydrogen-bond acceptors (Lipinski definition) is 8. The maximum atomic E-state index is 13.0. The number of hydrazone groups is 1. The quantitative estimate of drug-likeness (QED) is 0.430. The molecule has 9 heteroatoms. The van der Waals surface area contributed by atoms with Gasteiger partial charge in [0.05, 0.1) is 19.8 Å². The number of methoxy groups -OCH3 is 2. The zero-order chi connectivity index (χ0) is 18.4. The molecule has 0 fully saturated rings. The van der Waals surface area contributed by atoms with Crippen molar-refractivity contribution in [3.63, 3.8) is 0 Å². The Hall–Kier alpha value is -3.36. The Labute approximate surface area is 142 Å². The van der Waals surface area contributed by atoms with E-state index in [1.807, 2.05) is 0 Å². The molecule has 25 heavy (non-hydrogen) atoms. The number of esters is 2. The summed E-state index contributed by atoms with van der Waals surface area (Å²) in [5.41, 5.74) is -2.10. The SMILES string of the molecule is COC(=O)C1=C(C(=O)OC)[C@@]2(C)C(=O)C(c3ccccc3)=[N+]([O-])N2O1. The Morgan fingerprint density at radius 2 is 1.76 bits per heavy atom. The van der Waals surface area contributed by atoms with Gasteiger partial charge in [0.25, 0.3) is 17.3 Å². The molecule has 0 unspecified atom stereocenters. The van der Waals surface area contributed by atoms with Gasteiger partial charge in [-0.3, -0.25) is 4.79 Å². The number of carbonyl (C=O) groups is 3. The smallest absolute Gasteiger partial charge is 0.377 e. The third kappa shape index (κ3) is 2.09. The first-order valence-corrected chi connectivity index (χ1v) is 7.21. The first-order chi connectivity index (χ1) is 11.9. The predicted octanol–water partition coefficient (Wildman–Crippen LogP) is 0.0897. The van der Waals surface area contributed by atoms with Crippen molar-refractivity contribution in [2.45, 2.75) is 12.5 Å².